The van der Waals surface area contributed by atoms with Crippen LogP contribution in [0.3, 0.4) is 0 Å². The minimum Gasteiger partial charge on any atom is -0.478 e. The number of carboxylic acids is 1. The van der Waals surface area contributed by atoms with Gasteiger partial charge in [0, 0.05) is 23.6 Å². The van der Waals surface area contributed by atoms with Crippen LogP contribution in [0.2, 0.25) is 0 Å². The molecule has 1 aromatic carbocycles. The maximum atomic E-state index is 11.5. The summed E-state index contributed by atoms with van der Waals surface area (Å²) in [5.74, 6) is -0.696. The van der Waals surface area contributed by atoms with Gasteiger partial charge in [-0.3, -0.25) is 4.98 Å². The number of hydrogen-bond acceptors (Lipinski definition) is 3. The predicted molar refractivity (Wildman–Crippen MR) is 76.4 cm³/mol. The SMILES string of the molecule is Cc1ccc2c(C(=O)O)cc(C3CCOC3)nc2c1C. The molecule has 4 nitrogen and oxygen atoms in total. The number of hydrogen-bond donors (Lipinski definition) is 1. The summed E-state index contributed by atoms with van der Waals surface area (Å²) in [5.41, 5.74) is 4.14. The summed E-state index contributed by atoms with van der Waals surface area (Å²) in [7, 11) is 0. The zero-order valence-corrected chi connectivity index (χ0v) is 11.6. The molecule has 1 aliphatic heterocycles. The molecule has 3 rings (SSSR count). The lowest BCUT2D eigenvalue weighted by atomic mass is 9.97. The third kappa shape index (κ3) is 2.06. The number of pyridine rings is 1. The summed E-state index contributed by atoms with van der Waals surface area (Å²) in [5, 5.41) is 10.2. The molecule has 1 fully saturated rings. The van der Waals surface area contributed by atoms with E-state index in [4.69, 9.17) is 9.72 Å². The van der Waals surface area contributed by atoms with Crippen molar-refractivity contribution in [1.82, 2.24) is 4.98 Å². The summed E-state index contributed by atoms with van der Waals surface area (Å²) in [6.45, 7) is 5.36. The van der Waals surface area contributed by atoms with Crippen LogP contribution >= 0.6 is 0 Å². The van der Waals surface area contributed by atoms with Crippen molar-refractivity contribution in [3.05, 3.63) is 40.6 Å². The van der Waals surface area contributed by atoms with E-state index in [9.17, 15) is 9.90 Å². The van der Waals surface area contributed by atoms with E-state index in [2.05, 4.69) is 0 Å². The van der Waals surface area contributed by atoms with Gasteiger partial charge in [-0.25, -0.2) is 4.79 Å². The van der Waals surface area contributed by atoms with E-state index in [1.165, 1.54) is 0 Å². The van der Waals surface area contributed by atoms with Crippen LogP contribution in [0.1, 0.15) is 39.5 Å². The number of fused-ring (bicyclic) bond motifs is 1. The van der Waals surface area contributed by atoms with Crippen molar-refractivity contribution in [3.63, 3.8) is 0 Å². The number of aryl methyl sites for hydroxylation is 2. The van der Waals surface area contributed by atoms with E-state index in [1.807, 2.05) is 26.0 Å². The van der Waals surface area contributed by atoms with Gasteiger partial charge in [-0.15, -0.1) is 0 Å². The Morgan fingerprint density at radius 3 is 2.85 bits per heavy atom. The van der Waals surface area contributed by atoms with E-state index in [0.717, 1.165) is 35.4 Å². The molecule has 0 aliphatic carbocycles. The highest BCUT2D eigenvalue weighted by Gasteiger charge is 2.22. The molecule has 1 unspecified atom stereocenters. The van der Waals surface area contributed by atoms with Crippen molar-refractivity contribution in [1.29, 1.82) is 0 Å². The van der Waals surface area contributed by atoms with Crippen LogP contribution in [-0.4, -0.2) is 29.3 Å². The lowest BCUT2D eigenvalue weighted by Crippen LogP contribution is -2.07. The van der Waals surface area contributed by atoms with Crippen molar-refractivity contribution >= 4 is 16.9 Å². The number of ether oxygens (including phenoxy) is 1. The lowest BCUT2D eigenvalue weighted by molar-refractivity contribution is 0.0698. The number of rotatable bonds is 2. The second-order valence-corrected chi connectivity index (χ2v) is 5.36. The van der Waals surface area contributed by atoms with E-state index in [1.54, 1.807) is 6.07 Å². The number of benzene rings is 1. The molecule has 104 valence electrons. The summed E-state index contributed by atoms with van der Waals surface area (Å²) in [6.07, 6.45) is 0.905. The van der Waals surface area contributed by atoms with Gasteiger partial charge in [0.15, 0.2) is 0 Å². The number of carboxylic acid groups (broad SMARTS) is 1. The summed E-state index contributed by atoms with van der Waals surface area (Å²) in [4.78, 5) is 16.2. The van der Waals surface area contributed by atoms with Crippen molar-refractivity contribution in [2.75, 3.05) is 13.2 Å². The largest absolute Gasteiger partial charge is 0.478 e. The van der Waals surface area contributed by atoms with E-state index in [-0.39, 0.29) is 5.92 Å². The summed E-state index contributed by atoms with van der Waals surface area (Å²) >= 11 is 0. The zero-order chi connectivity index (χ0) is 14.3. The number of nitrogens with zero attached hydrogens (tertiary/aromatic N) is 1. The van der Waals surface area contributed by atoms with E-state index >= 15 is 0 Å². The average molecular weight is 271 g/mol. The Bertz CT molecular complexity index is 688. The number of aromatic nitrogens is 1. The van der Waals surface area contributed by atoms with E-state index < -0.39 is 5.97 Å². The van der Waals surface area contributed by atoms with Gasteiger partial charge in [0.2, 0.25) is 0 Å². The average Bonchev–Trinajstić information content (AvgIpc) is 2.96. The van der Waals surface area contributed by atoms with Crippen molar-refractivity contribution in [2.24, 2.45) is 0 Å². The van der Waals surface area contributed by atoms with E-state index in [0.29, 0.717) is 17.6 Å². The molecule has 1 aliphatic rings. The summed E-state index contributed by atoms with van der Waals surface area (Å²) < 4.78 is 5.39. The minimum absolute atomic E-state index is 0.206. The Labute approximate surface area is 117 Å². The molecule has 0 amide bonds. The highest BCUT2D eigenvalue weighted by molar-refractivity contribution is 6.03. The molecule has 1 aromatic heterocycles. The van der Waals surface area contributed by atoms with Crippen LogP contribution in [-0.2, 0) is 4.74 Å². The van der Waals surface area contributed by atoms with Gasteiger partial charge >= 0.3 is 5.97 Å². The highest BCUT2D eigenvalue weighted by atomic mass is 16.5. The standard InChI is InChI=1S/C16H17NO3/c1-9-3-4-12-13(16(18)19)7-14(11-5-6-20-8-11)17-15(12)10(9)2/h3-4,7,11H,5-6,8H2,1-2H3,(H,18,19). The molecule has 20 heavy (non-hydrogen) atoms. The van der Waals surface area contributed by atoms with Gasteiger partial charge in [-0.2, -0.15) is 0 Å². The topological polar surface area (TPSA) is 59.4 Å². The second kappa shape index (κ2) is 4.87. The molecule has 1 atom stereocenters. The first-order chi connectivity index (χ1) is 9.58. The minimum atomic E-state index is -0.902. The normalized spacial score (nSPS) is 18.6. The van der Waals surface area contributed by atoms with Gasteiger partial charge < -0.3 is 9.84 Å². The lowest BCUT2D eigenvalue weighted by Gasteiger charge is -2.13. The molecule has 1 saturated heterocycles. The Balaban J connectivity index is 2.28. The van der Waals surface area contributed by atoms with Crippen molar-refractivity contribution in [3.8, 4) is 0 Å². The van der Waals surface area contributed by atoms with Gasteiger partial charge in [-0.05, 0) is 37.5 Å². The molecule has 0 spiro atoms. The molecule has 0 saturated carbocycles. The smallest absolute Gasteiger partial charge is 0.336 e. The van der Waals surface area contributed by atoms with Crippen LogP contribution in [0.4, 0.5) is 0 Å². The Morgan fingerprint density at radius 2 is 2.20 bits per heavy atom. The first-order valence-corrected chi connectivity index (χ1v) is 6.80. The molecular formula is C16H17NO3. The van der Waals surface area contributed by atoms with Gasteiger partial charge in [0.1, 0.15) is 0 Å². The molecular weight excluding hydrogens is 254 g/mol. The fourth-order valence-corrected chi connectivity index (χ4v) is 2.70. The third-order valence-corrected chi connectivity index (χ3v) is 4.10. The molecule has 0 radical (unpaired) electrons. The van der Waals surface area contributed by atoms with Gasteiger partial charge in [0.25, 0.3) is 0 Å². The van der Waals surface area contributed by atoms with Gasteiger partial charge in [-0.1, -0.05) is 12.1 Å². The Morgan fingerprint density at radius 1 is 1.40 bits per heavy atom. The molecule has 4 heteroatoms. The second-order valence-electron chi connectivity index (χ2n) is 5.36. The highest BCUT2D eigenvalue weighted by Crippen LogP contribution is 2.30. The first-order valence-electron chi connectivity index (χ1n) is 6.80. The van der Waals surface area contributed by atoms with Crippen LogP contribution in [0.5, 0.6) is 0 Å². The fraction of sp³-hybridized carbons (Fsp3) is 0.375. The molecule has 2 heterocycles. The maximum Gasteiger partial charge on any atom is 0.336 e. The quantitative estimate of drug-likeness (QED) is 0.912. The Hall–Kier alpha value is -1.94. The van der Waals surface area contributed by atoms with Gasteiger partial charge in [0.05, 0.1) is 17.7 Å². The zero-order valence-electron chi connectivity index (χ0n) is 11.6. The van der Waals surface area contributed by atoms with Crippen molar-refractivity contribution < 1.29 is 14.6 Å². The maximum absolute atomic E-state index is 11.5. The molecule has 1 N–H and O–H groups in total. The van der Waals surface area contributed by atoms with Crippen LogP contribution in [0, 0.1) is 13.8 Å². The van der Waals surface area contributed by atoms with Crippen molar-refractivity contribution in [2.45, 2.75) is 26.2 Å². The number of carbonyl (C=O) groups is 1. The summed E-state index contributed by atoms with van der Waals surface area (Å²) in [6, 6.07) is 5.51. The Kier molecular flexibility index (Phi) is 3.18. The third-order valence-electron chi connectivity index (χ3n) is 4.10. The van der Waals surface area contributed by atoms with Crippen LogP contribution in [0.15, 0.2) is 18.2 Å². The number of aromatic carboxylic acids is 1. The predicted octanol–water partition coefficient (Wildman–Crippen LogP) is 3.05. The van der Waals surface area contributed by atoms with Crippen LogP contribution < -0.4 is 0 Å². The molecule has 2 aromatic rings. The molecule has 0 bridgehead atoms. The fourth-order valence-electron chi connectivity index (χ4n) is 2.70. The first kappa shape index (κ1) is 13.1. The monoisotopic (exact) mass is 271 g/mol. The van der Waals surface area contributed by atoms with Crippen LogP contribution in [0.25, 0.3) is 10.9 Å².